The molecule has 0 aliphatic carbocycles. The van der Waals surface area contributed by atoms with Crippen LogP contribution >= 0.6 is 23.2 Å². The molecule has 1 saturated heterocycles. The molecule has 1 amide bonds. The number of carbonyl (C=O) groups excluding carboxylic acids is 2. The molecule has 0 bridgehead atoms. The molecule has 7 heteroatoms. The molecule has 1 atom stereocenters. The second-order valence-electron chi connectivity index (χ2n) is 6.39. The van der Waals surface area contributed by atoms with Gasteiger partial charge in [-0.15, -0.1) is 0 Å². The number of aromatic nitrogens is 1. The van der Waals surface area contributed by atoms with E-state index >= 15 is 0 Å². The summed E-state index contributed by atoms with van der Waals surface area (Å²) in [5.41, 5.74) is 1.21. The van der Waals surface area contributed by atoms with Crippen molar-refractivity contribution in [2.24, 2.45) is 0 Å². The maximum Gasteiger partial charge on any atom is 0.300 e. The summed E-state index contributed by atoms with van der Waals surface area (Å²) in [6.07, 6.45) is 1.57. The van der Waals surface area contributed by atoms with Crippen molar-refractivity contribution >= 4 is 46.3 Å². The molecular weight excluding hydrogens is 411 g/mol. The summed E-state index contributed by atoms with van der Waals surface area (Å²) in [6, 6.07) is 17.6. The lowest BCUT2D eigenvalue weighted by molar-refractivity contribution is -0.132. The van der Waals surface area contributed by atoms with Gasteiger partial charge < -0.3 is 5.11 Å². The monoisotopic (exact) mass is 424 g/mol. The lowest BCUT2D eigenvalue weighted by Crippen LogP contribution is -2.29. The number of para-hydroxylation sites is 1. The van der Waals surface area contributed by atoms with Gasteiger partial charge in [0, 0.05) is 17.4 Å². The van der Waals surface area contributed by atoms with Gasteiger partial charge in [0.2, 0.25) is 0 Å². The van der Waals surface area contributed by atoms with Gasteiger partial charge in [0.1, 0.15) is 11.8 Å². The number of benzene rings is 2. The molecule has 1 aliphatic rings. The first-order valence-corrected chi connectivity index (χ1v) is 9.47. The number of amides is 1. The average Bonchev–Trinajstić information content (AvgIpc) is 3.01. The fraction of sp³-hybridized carbons (Fsp3) is 0.0455. The zero-order chi connectivity index (χ0) is 20.5. The average molecular weight is 425 g/mol. The van der Waals surface area contributed by atoms with Crippen LogP contribution in [0.25, 0.3) is 5.76 Å². The third-order valence-electron chi connectivity index (χ3n) is 4.64. The van der Waals surface area contributed by atoms with Gasteiger partial charge in [-0.2, -0.15) is 0 Å². The second kappa shape index (κ2) is 7.70. The first-order valence-electron chi connectivity index (χ1n) is 8.71. The number of pyridine rings is 1. The molecule has 29 heavy (non-hydrogen) atoms. The predicted molar refractivity (Wildman–Crippen MR) is 112 cm³/mol. The van der Waals surface area contributed by atoms with Crippen LogP contribution in [0.1, 0.15) is 17.3 Å². The van der Waals surface area contributed by atoms with Gasteiger partial charge in [0.25, 0.3) is 11.7 Å². The van der Waals surface area contributed by atoms with Crippen molar-refractivity contribution in [3.8, 4) is 0 Å². The van der Waals surface area contributed by atoms with Crippen LogP contribution < -0.4 is 4.90 Å². The maximum absolute atomic E-state index is 12.9. The standard InChI is InChI=1S/C22H14Cl2N2O3/c23-15-10-9-13(12-16(15)24)20(27)18-19(17-8-4-5-11-25-17)26(22(29)21(18)28)14-6-2-1-3-7-14/h1-12,19,27H/b20-18-. The number of Topliss-reactive ketones (excluding diaryl/α,β-unsaturated/α-hetero) is 1. The number of aliphatic hydroxyl groups excluding tert-OH is 1. The predicted octanol–water partition coefficient (Wildman–Crippen LogP) is 5.01. The van der Waals surface area contributed by atoms with Crippen molar-refractivity contribution in [1.29, 1.82) is 0 Å². The zero-order valence-electron chi connectivity index (χ0n) is 14.9. The van der Waals surface area contributed by atoms with Crippen molar-refractivity contribution in [3.05, 3.63) is 99.8 Å². The Balaban J connectivity index is 1.95. The molecule has 1 aromatic heterocycles. The van der Waals surface area contributed by atoms with Crippen LogP contribution in [0, 0.1) is 0 Å². The van der Waals surface area contributed by atoms with Gasteiger partial charge >= 0.3 is 0 Å². The van der Waals surface area contributed by atoms with Crippen LogP contribution in [0.5, 0.6) is 0 Å². The number of aliphatic hydroxyl groups is 1. The van der Waals surface area contributed by atoms with Crippen LogP contribution in [-0.4, -0.2) is 21.8 Å². The van der Waals surface area contributed by atoms with E-state index in [-0.39, 0.29) is 21.9 Å². The minimum Gasteiger partial charge on any atom is -0.507 e. The highest BCUT2D eigenvalue weighted by Gasteiger charge is 2.47. The van der Waals surface area contributed by atoms with E-state index in [1.807, 2.05) is 6.07 Å². The summed E-state index contributed by atoms with van der Waals surface area (Å²) >= 11 is 12.0. The van der Waals surface area contributed by atoms with E-state index in [2.05, 4.69) is 4.98 Å². The van der Waals surface area contributed by atoms with E-state index in [1.165, 1.54) is 23.1 Å². The molecule has 3 aromatic rings. The van der Waals surface area contributed by atoms with Crippen molar-refractivity contribution in [3.63, 3.8) is 0 Å². The zero-order valence-corrected chi connectivity index (χ0v) is 16.4. The number of anilines is 1. The molecule has 1 fully saturated rings. The van der Waals surface area contributed by atoms with Crippen molar-refractivity contribution < 1.29 is 14.7 Å². The third kappa shape index (κ3) is 3.39. The largest absolute Gasteiger partial charge is 0.507 e. The Labute approximate surface area is 176 Å². The molecule has 4 rings (SSSR count). The van der Waals surface area contributed by atoms with Gasteiger partial charge in [0.15, 0.2) is 0 Å². The Hall–Kier alpha value is -3.15. The molecule has 1 aliphatic heterocycles. The number of nitrogens with zero attached hydrogens (tertiary/aromatic N) is 2. The molecule has 5 nitrogen and oxygen atoms in total. The van der Waals surface area contributed by atoms with Crippen molar-refractivity contribution in [1.82, 2.24) is 4.98 Å². The first-order chi connectivity index (χ1) is 14.0. The Morgan fingerprint density at radius 1 is 0.931 bits per heavy atom. The van der Waals surface area contributed by atoms with Crippen molar-refractivity contribution in [2.75, 3.05) is 4.90 Å². The Kier molecular flexibility index (Phi) is 5.09. The number of rotatable bonds is 3. The SMILES string of the molecule is O=C1C(=O)N(c2ccccc2)C(c2ccccn2)/C1=C(/O)c1ccc(Cl)c(Cl)c1. The van der Waals surface area contributed by atoms with Crippen LogP contribution in [0.2, 0.25) is 10.0 Å². The van der Waals surface area contributed by atoms with Crippen molar-refractivity contribution in [2.45, 2.75) is 6.04 Å². The number of halogens is 2. The van der Waals surface area contributed by atoms with E-state index in [0.29, 0.717) is 16.4 Å². The second-order valence-corrected chi connectivity index (χ2v) is 7.20. The Morgan fingerprint density at radius 3 is 2.31 bits per heavy atom. The molecular formula is C22H14Cl2N2O3. The van der Waals surface area contributed by atoms with E-state index < -0.39 is 17.7 Å². The minimum atomic E-state index is -0.881. The van der Waals surface area contributed by atoms with E-state index in [4.69, 9.17) is 23.2 Å². The first kappa shape index (κ1) is 19.2. The lowest BCUT2D eigenvalue weighted by Gasteiger charge is -2.24. The number of ketones is 1. The molecule has 0 saturated carbocycles. The Bertz CT molecular complexity index is 1130. The number of carbonyl (C=O) groups is 2. The topological polar surface area (TPSA) is 70.5 Å². The highest BCUT2D eigenvalue weighted by molar-refractivity contribution is 6.51. The molecule has 0 radical (unpaired) electrons. The minimum absolute atomic E-state index is 0.0593. The third-order valence-corrected chi connectivity index (χ3v) is 5.38. The van der Waals surface area contributed by atoms with E-state index in [0.717, 1.165) is 0 Å². The summed E-state index contributed by atoms with van der Waals surface area (Å²) < 4.78 is 0. The normalized spacial score (nSPS) is 18.3. The van der Waals surface area contributed by atoms with Gasteiger partial charge in [-0.05, 0) is 42.5 Å². The smallest absolute Gasteiger partial charge is 0.300 e. The molecule has 2 heterocycles. The van der Waals surface area contributed by atoms with Gasteiger partial charge in [-0.1, -0.05) is 47.5 Å². The summed E-state index contributed by atoms with van der Waals surface area (Å²) in [5, 5.41) is 11.5. The summed E-state index contributed by atoms with van der Waals surface area (Å²) in [4.78, 5) is 31.5. The lowest BCUT2D eigenvalue weighted by atomic mass is 9.98. The Morgan fingerprint density at radius 2 is 1.66 bits per heavy atom. The van der Waals surface area contributed by atoms with Crippen LogP contribution in [0.15, 0.2) is 78.5 Å². The summed E-state index contributed by atoms with van der Waals surface area (Å²) in [5.74, 6) is -1.88. The number of hydrogen-bond acceptors (Lipinski definition) is 4. The molecule has 0 spiro atoms. The van der Waals surface area contributed by atoms with Gasteiger partial charge in [0.05, 0.1) is 21.3 Å². The molecule has 2 aromatic carbocycles. The number of hydrogen-bond donors (Lipinski definition) is 1. The highest BCUT2D eigenvalue weighted by atomic mass is 35.5. The van der Waals surface area contributed by atoms with E-state index in [9.17, 15) is 14.7 Å². The fourth-order valence-electron chi connectivity index (χ4n) is 3.30. The highest BCUT2D eigenvalue weighted by Crippen LogP contribution is 2.41. The van der Waals surface area contributed by atoms with Gasteiger partial charge in [-0.3, -0.25) is 19.5 Å². The fourth-order valence-corrected chi connectivity index (χ4v) is 3.60. The summed E-state index contributed by atoms with van der Waals surface area (Å²) in [6.45, 7) is 0. The quantitative estimate of drug-likeness (QED) is 0.364. The maximum atomic E-state index is 12.9. The van der Waals surface area contributed by atoms with Crippen LogP contribution in [0.3, 0.4) is 0 Å². The van der Waals surface area contributed by atoms with Crippen LogP contribution in [-0.2, 0) is 9.59 Å². The molecule has 1 N–H and O–H groups in total. The molecule has 1 unspecified atom stereocenters. The molecule has 144 valence electrons. The van der Waals surface area contributed by atoms with Gasteiger partial charge in [-0.25, -0.2) is 0 Å². The van der Waals surface area contributed by atoms with Crippen LogP contribution in [0.4, 0.5) is 5.69 Å². The van der Waals surface area contributed by atoms with E-state index in [1.54, 1.807) is 48.7 Å². The summed E-state index contributed by atoms with van der Waals surface area (Å²) in [7, 11) is 0.